The molecule has 0 spiro atoms. The van der Waals surface area contributed by atoms with Gasteiger partial charge in [0.05, 0.1) is 5.60 Å². The SMILES string of the molecule is Nc1c(Cl)ncnc1NCC1(O)CCC1. The molecule has 1 heterocycles. The minimum Gasteiger partial charge on any atom is -0.393 e. The van der Waals surface area contributed by atoms with Crippen molar-refractivity contribution < 1.29 is 5.11 Å². The Balaban J connectivity index is 2.01. The second-order valence-electron chi connectivity index (χ2n) is 3.86. The Hall–Kier alpha value is -1.07. The van der Waals surface area contributed by atoms with Crippen LogP contribution in [0.5, 0.6) is 0 Å². The number of nitrogens with zero attached hydrogens (tertiary/aromatic N) is 2. The maximum absolute atomic E-state index is 9.85. The molecular formula is C9H13ClN4O. The topological polar surface area (TPSA) is 84.1 Å². The van der Waals surface area contributed by atoms with E-state index in [0.29, 0.717) is 18.1 Å². The van der Waals surface area contributed by atoms with Crippen LogP contribution < -0.4 is 11.1 Å². The molecule has 0 radical (unpaired) electrons. The summed E-state index contributed by atoms with van der Waals surface area (Å²) >= 11 is 5.73. The lowest BCUT2D eigenvalue weighted by Gasteiger charge is -2.36. The fourth-order valence-electron chi connectivity index (χ4n) is 1.52. The van der Waals surface area contributed by atoms with Crippen LogP contribution in [-0.4, -0.2) is 27.2 Å². The van der Waals surface area contributed by atoms with Gasteiger partial charge in [0.2, 0.25) is 0 Å². The summed E-state index contributed by atoms with van der Waals surface area (Å²) in [6.45, 7) is 0.449. The number of nitrogens with one attached hydrogen (secondary N) is 1. The molecule has 1 aliphatic carbocycles. The summed E-state index contributed by atoms with van der Waals surface area (Å²) in [5, 5.41) is 13.1. The summed E-state index contributed by atoms with van der Waals surface area (Å²) in [5.74, 6) is 0.482. The van der Waals surface area contributed by atoms with Gasteiger partial charge in [0.15, 0.2) is 11.0 Å². The monoisotopic (exact) mass is 228 g/mol. The van der Waals surface area contributed by atoms with Gasteiger partial charge in [-0.1, -0.05) is 11.6 Å². The van der Waals surface area contributed by atoms with Crippen molar-refractivity contribution in [2.24, 2.45) is 0 Å². The average Bonchev–Trinajstić information content (AvgIpc) is 2.17. The highest BCUT2D eigenvalue weighted by molar-refractivity contribution is 6.32. The molecule has 0 saturated heterocycles. The number of anilines is 2. The van der Waals surface area contributed by atoms with Gasteiger partial charge in [0.1, 0.15) is 12.0 Å². The molecule has 4 N–H and O–H groups in total. The van der Waals surface area contributed by atoms with Gasteiger partial charge in [-0.2, -0.15) is 0 Å². The number of aliphatic hydroxyl groups is 1. The molecule has 1 aromatic rings. The van der Waals surface area contributed by atoms with E-state index in [1.807, 2.05) is 0 Å². The van der Waals surface area contributed by atoms with Gasteiger partial charge < -0.3 is 16.2 Å². The van der Waals surface area contributed by atoms with E-state index in [0.717, 1.165) is 19.3 Å². The molecule has 0 bridgehead atoms. The molecule has 15 heavy (non-hydrogen) atoms. The summed E-state index contributed by atoms with van der Waals surface area (Å²) in [7, 11) is 0. The van der Waals surface area contributed by atoms with Crippen molar-refractivity contribution in [3.05, 3.63) is 11.5 Å². The lowest BCUT2D eigenvalue weighted by molar-refractivity contribution is -0.0202. The Bertz CT molecular complexity index is 367. The summed E-state index contributed by atoms with van der Waals surface area (Å²) in [6, 6.07) is 0. The van der Waals surface area contributed by atoms with Crippen LogP contribution in [0.1, 0.15) is 19.3 Å². The molecule has 6 heteroatoms. The van der Waals surface area contributed by atoms with Gasteiger partial charge in [-0.3, -0.25) is 0 Å². The normalized spacial score (nSPS) is 18.3. The molecule has 0 unspecified atom stereocenters. The van der Waals surface area contributed by atoms with Crippen molar-refractivity contribution in [3.63, 3.8) is 0 Å². The van der Waals surface area contributed by atoms with E-state index in [1.165, 1.54) is 6.33 Å². The fraction of sp³-hybridized carbons (Fsp3) is 0.556. The third-order valence-electron chi connectivity index (χ3n) is 2.70. The highest BCUT2D eigenvalue weighted by atomic mass is 35.5. The summed E-state index contributed by atoms with van der Waals surface area (Å²) in [5.41, 5.74) is 5.38. The van der Waals surface area contributed by atoms with Crippen molar-refractivity contribution in [3.8, 4) is 0 Å². The molecule has 0 aromatic carbocycles. The Labute approximate surface area is 92.7 Å². The smallest absolute Gasteiger partial charge is 0.157 e. The standard InChI is InChI=1S/C9H13ClN4O/c10-7-6(11)8(14-5-13-7)12-4-9(15)2-1-3-9/h5,15H,1-4,11H2,(H,12,13,14). The first kappa shape index (κ1) is 10.4. The van der Waals surface area contributed by atoms with E-state index >= 15 is 0 Å². The molecule has 0 aliphatic heterocycles. The van der Waals surface area contributed by atoms with Crippen LogP contribution in [0.15, 0.2) is 6.33 Å². The number of halogens is 1. The second-order valence-corrected chi connectivity index (χ2v) is 4.22. The molecule has 1 saturated carbocycles. The molecule has 1 fully saturated rings. The van der Waals surface area contributed by atoms with Crippen molar-refractivity contribution in [2.75, 3.05) is 17.6 Å². The van der Waals surface area contributed by atoms with E-state index in [2.05, 4.69) is 15.3 Å². The van der Waals surface area contributed by atoms with Gasteiger partial charge in [-0.05, 0) is 19.3 Å². The van der Waals surface area contributed by atoms with Crippen LogP contribution >= 0.6 is 11.6 Å². The molecule has 1 aromatic heterocycles. The van der Waals surface area contributed by atoms with E-state index in [9.17, 15) is 5.11 Å². The number of nitrogen functional groups attached to an aromatic ring is 1. The van der Waals surface area contributed by atoms with Gasteiger partial charge in [0.25, 0.3) is 0 Å². The molecule has 82 valence electrons. The second kappa shape index (κ2) is 3.83. The maximum Gasteiger partial charge on any atom is 0.157 e. The Morgan fingerprint density at radius 1 is 1.53 bits per heavy atom. The lowest BCUT2D eigenvalue weighted by atomic mass is 9.80. The van der Waals surface area contributed by atoms with Crippen LogP contribution in [0, 0.1) is 0 Å². The number of aromatic nitrogens is 2. The molecule has 0 amide bonds. The third-order valence-corrected chi connectivity index (χ3v) is 3.01. The predicted molar refractivity (Wildman–Crippen MR) is 58.7 cm³/mol. The summed E-state index contributed by atoms with van der Waals surface area (Å²) < 4.78 is 0. The number of hydrogen-bond acceptors (Lipinski definition) is 5. The predicted octanol–water partition coefficient (Wildman–Crippen LogP) is 1.04. The Morgan fingerprint density at radius 3 is 2.87 bits per heavy atom. The first-order valence-electron chi connectivity index (χ1n) is 4.83. The van der Waals surface area contributed by atoms with Crippen molar-refractivity contribution in [1.29, 1.82) is 0 Å². The molecule has 2 rings (SSSR count). The third kappa shape index (κ3) is 2.13. The van der Waals surface area contributed by atoms with Crippen LogP contribution in [0.3, 0.4) is 0 Å². The van der Waals surface area contributed by atoms with E-state index in [-0.39, 0.29) is 5.15 Å². The Kier molecular flexibility index (Phi) is 2.67. The zero-order valence-electron chi connectivity index (χ0n) is 8.20. The maximum atomic E-state index is 9.85. The quantitative estimate of drug-likeness (QED) is 0.674. The van der Waals surface area contributed by atoms with E-state index < -0.39 is 5.60 Å². The highest BCUT2D eigenvalue weighted by Gasteiger charge is 2.34. The van der Waals surface area contributed by atoms with Crippen LogP contribution in [0.25, 0.3) is 0 Å². The highest BCUT2D eigenvalue weighted by Crippen LogP contribution is 2.32. The van der Waals surface area contributed by atoms with Crippen LogP contribution in [0.4, 0.5) is 11.5 Å². The lowest BCUT2D eigenvalue weighted by Crippen LogP contribution is -2.43. The minimum atomic E-state index is -0.607. The van der Waals surface area contributed by atoms with E-state index in [1.54, 1.807) is 0 Å². The zero-order chi connectivity index (χ0) is 10.9. The summed E-state index contributed by atoms with van der Waals surface area (Å²) in [6.07, 6.45) is 4.04. The number of nitrogens with two attached hydrogens (primary N) is 1. The molecule has 0 atom stereocenters. The molecular weight excluding hydrogens is 216 g/mol. The van der Waals surface area contributed by atoms with Gasteiger partial charge >= 0.3 is 0 Å². The summed E-state index contributed by atoms with van der Waals surface area (Å²) in [4.78, 5) is 7.70. The first-order valence-corrected chi connectivity index (χ1v) is 5.21. The van der Waals surface area contributed by atoms with E-state index in [4.69, 9.17) is 17.3 Å². The largest absolute Gasteiger partial charge is 0.393 e. The van der Waals surface area contributed by atoms with Gasteiger partial charge in [0, 0.05) is 6.54 Å². The van der Waals surface area contributed by atoms with Crippen molar-refractivity contribution in [1.82, 2.24) is 9.97 Å². The number of rotatable bonds is 3. The van der Waals surface area contributed by atoms with Crippen molar-refractivity contribution in [2.45, 2.75) is 24.9 Å². The number of hydrogen-bond donors (Lipinski definition) is 3. The van der Waals surface area contributed by atoms with Gasteiger partial charge in [-0.15, -0.1) is 0 Å². The van der Waals surface area contributed by atoms with Crippen molar-refractivity contribution >= 4 is 23.1 Å². The van der Waals surface area contributed by atoms with Gasteiger partial charge in [-0.25, -0.2) is 9.97 Å². The minimum absolute atomic E-state index is 0.230. The molecule has 1 aliphatic rings. The Morgan fingerprint density at radius 2 is 2.27 bits per heavy atom. The van der Waals surface area contributed by atoms with Crippen LogP contribution in [-0.2, 0) is 0 Å². The average molecular weight is 229 g/mol. The first-order chi connectivity index (χ1) is 7.11. The molecule has 5 nitrogen and oxygen atoms in total. The van der Waals surface area contributed by atoms with Crippen LogP contribution in [0.2, 0.25) is 5.15 Å². The fourth-order valence-corrected chi connectivity index (χ4v) is 1.66. The zero-order valence-corrected chi connectivity index (χ0v) is 8.96.